The zero-order valence-corrected chi connectivity index (χ0v) is 25.2. The lowest BCUT2D eigenvalue weighted by molar-refractivity contribution is -0.152. The molecule has 35 heavy (non-hydrogen) atoms. The average Bonchev–Trinajstić information content (AvgIpc) is 2.72. The molecule has 0 rings (SSSR count). The van der Waals surface area contributed by atoms with Gasteiger partial charge in [0.05, 0.1) is 14.2 Å². The van der Waals surface area contributed by atoms with E-state index in [2.05, 4.69) is 60.1 Å². The number of methoxy groups -OCH3 is 2. The van der Waals surface area contributed by atoms with E-state index in [0.29, 0.717) is 12.3 Å². The van der Waals surface area contributed by atoms with Crippen molar-refractivity contribution in [3.05, 3.63) is 0 Å². The lowest BCUT2D eigenvalue weighted by Gasteiger charge is -2.35. The van der Waals surface area contributed by atoms with Crippen molar-refractivity contribution in [2.75, 3.05) is 25.7 Å². The van der Waals surface area contributed by atoms with Crippen molar-refractivity contribution in [2.45, 2.75) is 92.7 Å². The van der Waals surface area contributed by atoms with E-state index in [-0.39, 0.29) is 40.0 Å². The Morgan fingerprint density at radius 1 is 0.857 bits per heavy atom. The fourth-order valence-electron chi connectivity index (χ4n) is 4.61. The Balaban J connectivity index is 5.69. The standard InChI is InChI=1S/C26H50N2O5S2/c1-17(13-24(3,4)5)11-12-19(18(2)14-25(6,7)8)21(29)26(28,23(31)33-10)16-35-34-15-20(27)22(30)32-9/h17-20H,11-16,27-28H2,1-10H3/t17?,18?,19?,20-,26+/m0/s1. The first kappa shape index (κ1) is 34.2. The van der Waals surface area contributed by atoms with Gasteiger partial charge < -0.3 is 20.9 Å². The van der Waals surface area contributed by atoms with E-state index < -0.39 is 23.5 Å². The smallest absolute Gasteiger partial charge is 0.334 e. The molecule has 0 aliphatic rings. The van der Waals surface area contributed by atoms with Gasteiger partial charge in [-0.1, -0.05) is 77.0 Å². The maximum atomic E-state index is 13.9. The molecule has 0 saturated carbocycles. The van der Waals surface area contributed by atoms with Crippen molar-refractivity contribution in [1.29, 1.82) is 0 Å². The number of hydrogen-bond donors (Lipinski definition) is 2. The number of carbonyl (C=O) groups is 3. The molecule has 0 saturated heterocycles. The summed E-state index contributed by atoms with van der Waals surface area (Å²) in [6, 6.07) is -0.789. The molecule has 3 unspecified atom stereocenters. The Kier molecular flexibility index (Phi) is 14.5. The molecular formula is C26H50N2O5S2. The van der Waals surface area contributed by atoms with Crippen molar-refractivity contribution in [3.63, 3.8) is 0 Å². The Labute approximate surface area is 221 Å². The van der Waals surface area contributed by atoms with E-state index in [1.165, 1.54) is 35.8 Å². The van der Waals surface area contributed by atoms with Gasteiger partial charge in [0, 0.05) is 17.4 Å². The van der Waals surface area contributed by atoms with Crippen LogP contribution in [0, 0.1) is 28.6 Å². The van der Waals surface area contributed by atoms with E-state index in [1.54, 1.807) is 0 Å². The van der Waals surface area contributed by atoms with Crippen molar-refractivity contribution in [2.24, 2.45) is 40.1 Å². The second-order valence-electron chi connectivity index (χ2n) is 12.3. The van der Waals surface area contributed by atoms with Crippen LogP contribution in [0.3, 0.4) is 0 Å². The van der Waals surface area contributed by atoms with Gasteiger partial charge in [0.15, 0.2) is 11.3 Å². The monoisotopic (exact) mass is 534 g/mol. The fourth-order valence-corrected chi connectivity index (χ4v) is 7.06. The summed E-state index contributed by atoms with van der Waals surface area (Å²) < 4.78 is 9.62. The molecule has 0 amide bonds. The number of esters is 2. The first-order chi connectivity index (χ1) is 15.9. The molecule has 0 aromatic carbocycles. The summed E-state index contributed by atoms with van der Waals surface area (Å²) >= 11 is 0. The predicted molar refractivity (Wildman–Crippen MR) is 148 cm³/mol. The molecule has 0 bridgehead atoms. The van der Waals surface area contributed by atoms with Crippen molar-refractivity contribution >= 4 is 39.3 Å². The van der Waals surface area contributed by atoms with Gasteiger partial charge in [-0.15, -0.1) is 0 Å². The van der Waals surface area contributed by atoms with Gasteiger partial charge in [-0.3, -0.25) is 9.59 Å². The first-order valence-corrected chi connectivity index (χ1v) is 14.9. The number of Topliss-reactive ketones (excluding diaryl/α,β-unsaturated/α-hetero) is 1. The molecule has 0 aromatic rings. The van der Waals surface area contributed by atoms with Crippen LogP contribution in [0.4, 0.5) is 0 Å². The quantitative estimate of drug-likeness (QED) is 0.131. The van der Waals surface area contributed by atoms with Gasteiger partial charge in [-0.25, -0.2) is 4.79 Å². The summed E-state index contributed by atoms with van der Waals surface area (Å²) in [5.74, 6) is -1.06. The third-order valence-corrected chi connectivity index (χ3v) is 8.50. The summed E-state index contributed by atoms with van der Waals surface area (Å²) in [7, 11) is 5.06. The molecule has 0 aromatic heterocycles. The minimum Gasteiger partial charge on any atom is -0.468 e. The molecular weight excluding hydrogens is 484 g/mol. The molecule has 0 radical (unpaired) electrons. The van der Waals surface area contributed by atoms with Gasteiger partial charge in [-0.2, -0.15) is 0 Å². The summed E-state index contributed by atoms with van der Waals surface area (Å²) in [4.78, 5) is 38.3. The predicted octanol–water partition coefficient (Wildman–Crippen LogP) is 4.85. The normalized spacial score (nSPS) is 17.6. The number of ketones is 1. The summed E-state index contributed by atoms with van der Waals surface area (Å²) in [6.45, 7) is 17.4. The van der Waals surface area contributed by atoms with Crippen LogP contribution in [-0.2, 0) is 23.9 Å². The highest BCUT2D eigenvalue weighted by molar-refractivity contribution is 8.76. The average molecular weight is 535 g/mol. The Morgan fingerprint density at radius 2 is 1.40 bits per heavy atom. The molecule has 206 valence electrons. The number of rotatable bonds is 15. The van der Waals surface area contributed by atoms with Crippen LogP contribution in [0.2, 0.25) is 0 Å². The zero-order valence-electron chi connectivity index (χ0n) is 23.6. The molecule has 0 aliphatic heterocycles. The number of ether oxygens (including phenoxy) is 2. The van der Waals surface area contributed by atoms with Gasteiger partial charge in [0.2, 0.25) is 0 Å². The van der Waals surface area contributed by atoms with Gasteiger partial charge >= 0.3 is 11.9 Å². The molecule has 0 heterocycles. The van der Waals surface area contributed by atoms with Crippen molar-refractivity contribution in [3.8, 4) is 0 Å². The van der Waals surface area contributed by atoms with Crippen LogP contribution < -0.4 is 11.5 Å². The number of carbonyl (C=O) groups excluding carboxylic acids is 3. The molecule has 7 nitrogen and oxygen atoms in total. The van der Waals surface area contributed by atoms with Crippen LogP contribution in [0.25, 0.3) is 0 Å². The largest absolute Gasteiger partial charge is 0.468 e. The highest BCUT2D eigenvalue weighted by Crippen LogP contribution is 2.37. The van der Waals surface area contributed by atoms with Gasteiger partial charge in [-0.05, 0) is 48.3 Å². The maximum Gasteiger partial charge on any atom is 0.334 e. The fraction of sp³-hybridized carbons (Fsp3) is 0.885. The zero-order chi connectivity index (χ0) is 27.6. The Hall–Kier alpha value is -0.770. The van der Waals surface area contributed by atoms with E-state index in [1.807, 2.05) is 0 Å². The summed E-state index contributed by atoms with van der Waals surface area (Å²) in [5.41, 5.74) is 10.8. The lowest BCUT2D eigenvalue weighted by atomic mass is 9.71. The molecule has 4 N–H and O–H groups in total. The van der Waals surface area contributed by atoms with E-state index in [9.17, 15) is 14.4 Å². The minimum absolute atomic E-state index is 0.0339. The van der Waals surface area contributed by atoms with Crippen LogP contribution in [0.5, 0.6) is 0 Å². The van der Waals surface area contributed by atoms with E-state index >= 15 is 0 Å². The molecule has 0 spiro atoms. The first-order valence-electron chi connectivity index (χ1n) is 12.4. The molecule has 5 atom stereocenters. The third kappa shape index (κ3) is 12.8. The van der Waals surface area contributed by atoms with Crippen molar-refractivity contribution < 1.29 is 23.9 Å². The second kappa shape index (κ2) is 14.8. The van der Waals surface area contributed by atoms with Crippen LogP contribution in [0.1, 0.15) is 81.1 Å². The topological polar surface area (TPSA) is 122 Å². The SMILES string of the molecule is COC(=O)[C@@H](N)CSSC[C@](N)(C(=O)OC)C(=O)C(CCC(C)CC(C)(C)C)C(C)CC(C)(C)C. The highest BCUT2D eigenvalue weighted by atomic mass is 33.1. The van der Waals surface area contributed by atoms with Crippen LogP contribution in [-0.4, -0.2) is 55.0 Å². The lowest BCUT2D eigenvalue weighted by Crippen LogP contribution is -2.60. The third-order valence-electron chi connectivity index (χ3n) is 6.00. The molecule has 9 heteroatoms. The Bertz CT molecular complexity index is 690. The van der Waals surface area contributed by atoms with Gasteiger partial charge in [0.25, 0.3) is 0 Å². The maximum absolute atomic E-state index is 13.9. The number of nitrogens with two attached hydrogens (primary N) is 2. The molecule has 0 aliphatic carbocycles. The molecule has 0 fully saturated rings. The summed E-state index contributed by atoms with van der Waals surface area (Å²) in [6.07, 6.45) is 3.45. The van der Waals surface area contributed by atoms with Gasteiger partial charge in [0.1, 0.15) is 6.04 Å². The van der Waals surface area contributed by atoms with Crippen LogP contribution in [0.15, 0.2) is 0 Å². The van der Waals surface area contributed by atoms with Crippen LogP contribution >= 0.6 is 21.6 Å². The summed E-state index contributed by atoms with van der Waals surface area (Å²) in [5, 5.41) is 0. The van der Waals surface area contributed by atoms with Crippen molar-refractivity contribution in [1.82, 2.24) is 0 Å². The minimum atomic E-state index is -1.77. The van der Waals surface area contributed by atoms with E-state index in [4.69, 9.17) is 16.2 Å². The number of hydrogen-bond acceptors (Lipinski definition) is 9. The second-order valence-corrected chi connectivity index (χ2v) is 14.8. The van der Waals surface area contributed by atoms with E-state index in [0.717, 1.165) is 19.3 Å². The highest BCUT2D eigenvalue weighted by Gasteiger charge is 2.47. The Morgan fingerprint density at radius 3 is 1.86 bits per heavy atom.